The third-order valence-electron chi connectivity index (χ3n) is 4.02. The van der Waals surface area contributed by atoms with E-state index in [0.29, 0.717) is 6.54 Å². The molecule has 0 bridgehead atoms. The second kappa shape index (κ2) is 8.37. The van der Waals surface area contributed by atoms with Crippen molar-refractivity contribution in [2.24, 2.45) is 0 Å². The lowest BCUT2D eigenvalue weighted by molar-refractivity contribution is 0.0948. The van der Waals surface area contributed by atoms with Crippen molar-refractivity contribution >= 4 is 29.0 Å². The quantitative estimate of drug-likeness (QED) is 0.576. The van der Waals surface area contributed by atoms with Crippen molar-refractivity contribution in [2.75, 3.05) is 0 Å². The fraction of sp³-hybridized carbons (Fsp3) is 0.190. The molecular weight excluding hydrogens is 346 g/mol. The van der Waals surface area contributed by atoms with E-state index in [4.69, 9.17) is 0 Å². The summed E-state index contributed by atoms with van der Waals surface area (Å²) in [5.74, 6) is 0.869. The van der Waals surface area contributed by atoms with Crippen molar-refractivity contribution in [3.05, 3.63) is 87.1 Å². The van der Waals surface area contributed by atoms with E-state index in [2.05, 4.69) is 54.9 Å². The van der Waals surface area contributed by atoms with Crippen LogP contribution in [0.5, 0.6) is 0 Å². The van der Waals surface area contributed by atoms with Gasteiger partial charge >= 0.3 is 0 Å². The molecule has 3 rings (SSSR count). The first-order chi connectivity index (χ1) is 12.1. The molecule has 0 aliphatic carbocycles. The predicted molar refractivity (Wildman–Crippen MR) is 107 cm³/mol. The van der Waals surface area contributed by atoms with Gasteiger partial charge in [-0.1, -0.05) is 42.0 Å². The van der Waals surface area contributed by atoms with Crippen LogP contribution in [0.25, 0.3) is 0 Å². The molecule has 0 unspecified atom stereocenters. The Morgan fingerprint density at radius 3 is 2.68 bits per heavy atom. The van der Waals surface area contributed by atoms with Gasteiger partial charge in [0.25, 0.3) is 5.91 Å². The number of hydrogen-bond acceptors (Lipinski definition) is 3. The molecular formula is C21H21NOS2. The van der Waals surface area contributed by atoms with Crippen LogP contribution < -0.4 is 5.32 Å². The molecule has 0 atom stereocenters. The van der Waals surface area contributed by atoms with Gasteiger partial charge in [0.05, 0.1) is 5.56 Å². The molecule has 0 aliphatic heterocycles. The van der Waals surface area contributed by atoms with Gasteiger partial charge in [-0.3, -0.25) is 4.79 Å². The Morgan fingerprint density at radius 2 is 1.92 bits per heavy atom. The summed E-state index contributed by atoms with van der Waals surface area (Å²) in [6, 6.07) is 18.3. The minimum Gasteiger partial charge on any atom is -0.348 e. The Bertz CT molecular complexity index is 856. The van der Waals surface area contributed by atoms with Crippen molar-refractivity contribution in [1.29, 1.82) is 0 Å². The molecule has 2 nitrogen and oxygen atoms in total. The smallest absolute Gasteiger partial charge is 0.252 e. The van der Waals surface area contributed by atoms with Crippen LogP contribution in [0.2, 0.25) is 0 Å². The zero-order chi connectivity index (χ0) is 17.6. The maximum atomic E-state index is 12.7. The van der Waals surface area contributed by atoms with E-state index in [1.807, 2.05) is 24.3 Å². The van der Waals surface area contributed by atoms with E-state index in [1.54, 1.807) is 23.1 Å². The second-order valence-corrected chi connectivity index (χ2v) is 8.03. The largest absolute Gasteiger partial charge is 0.348 e. The van der Waals surface area contributed by atoms with Crippen LogP contribution in [-0.4, -0.2) is 5.91 Å². The van der Waals surface area contributed by atoms with Crippen LogP contribution in [0.1, 0.15) is 31.9 Å². The molecule has 0 saturated heterocycles. The Labute approximate surface area is 157 Å². The molecule has 128 valence electrons. The summed E-state index contributed by atoms with van der Waals surface area (Å²) >= 11 is 3.45. The predicted octanol–water partition coefficient (Wildman–Crippen LogP) is 5.59. The lowest BCUT2D eigenvalue weighted by Gasteiger charge is -2.11. The first-order valence-electron chi connectivity index (χ1n) is 8.22. The van der Waals surface area contributed by atoms with Gasteiger partial charge in [0.15, 0.2) is 0 Å². The van der Waals surface area contributed by atoms with E-state index in [9.17, 15) is 4.79 Å². The Morgan fingerprint density at radius 1 is 1.08 bits per heavy atom. The van der Waals surface area contributed by atoms with Crippen LogP contribution >= 0.6 is 23.1 Å². The standard InChI is InChI=1S/C21H21NOS2/c1-15-9-10-17(16(2)12-15)13-22-21(23)19-7-3-4-8-20(19)25-14-18-6-5-11-24-18/h3-12H,13-14H2,1-2H3,(H,22,23). The van der Waals surface area contributed by atoms with Crippen LogP contribution in [-0.2, 0) is 12.3 Å². The summed E-state index contributed by atoms with van der Waals surface area (Å²) in [5.41, 5.74) is 4.35. The number of hydrogen-bond donors (Lipinski definition) is 1. The molecule has 0 radical (unpaired) electrons. The summed E-state index contributed by atoms with van der Waals surface area (Å²) in [6.07, 6.45) is 0. The Hall–Kier alpha value is -2.04. The lowest BCUT2D eigenvalue weighted by Crippen LogP contribution is -2.23. The van der Waals surface area contributed by atoms with Crippen LogP contribution in [0.3, 0.4) is 0 Å². The molecule has 0 aliphatic rings. The van der Waals surface area contributed by atoms with E-state index in [-0.39, 0.29) is 5.91 Å². The van der Waals surface area contributed by atoms with Gasteiger partial charge in [-0.05, 0) is 48.6 Å². The zero-order valence-electron chi connectivity index (χ0n) is 14.4. The average Bonchev–Trinajstić information content (AvgIpc) is 3.13. The van der Waals surface area contributed by atoms with Crippen molar-refractivity contribution in [3.8, 4) is 0 Å². The van der Waals surface area contributed by atoms with E-state index in [0.717, 1.165) is 21.8 Å². The molecule has 3 aromatic rings. The van der Waals surface area contributed by atoms with Gasteiger partial charge in [0.1, 0.15) is 0 Å². The van der Waals surface area contributed by atoms with Gasteiger partial charge in [0, 0.05) is 22.1 Å². The molecule has 1 heterocycles. The third kappa shape index (κ3) is 4.74. The number of rotatable bonds is 6. The number of amides is 1. The SMILES string of the molecule is Cc1ccc(CNC(=O)c2ccccc2SCc2cccs2)c(C)c1. The second-order valence-electron chi connectivity index (χ2n) is 5.98. The van der Waals surface area contributed by atoms with Gasteiger partial charge in [0.2, 0.25) is 0 Å². The molecule has 2 aromatic carbocycles. The molecule has 0 spiro atoms. The molecule has 1 amide bonds. The first kappa shape index (κ1) is 17.8. The van der Waals surface area contributed by atoms with Gasteiger partial charge in [-0.25, -0.2) is 0 Å². The van der Waals surface area contributed by atoms with Gasteiger partial charge in [-0.15, -0.1) is 23.1 Å². The molecule has 25 heavy (non-hydrogen) atoms. The Balaban J connectivity index is 1.67. The minimum atomic E-state index is -0.0192. The van der Waals surface area contributed by atoms with Crippen molar-refractivity contribution in [3.63, 3.8) is 0 Å². The Kier molecular flexibility index (Phi) is 5.95. The summed E-state index contributed by atoms with van der Waals surface area (Å²) in [7, 11) is 0. The fourth-order valence-electron chi connectivity index (χ4n) is 2.64. The van der Waals surface area contributed by atoms with Gasteiger partial charge < -0.3 is 5.32 Å². The highest BCUT2D eigenvalue weighted by Gasteiger charge is 2.12. The first-order valence-corrected chi connectivity index (χ1v) is 10.1. The van der Waals surface area contributed by atoms with Crippen molar-refractivity contribution in [2.45, 2.75) is 31.0 Å². The monoisotopic (exact) mass is 367 g/mol. The highest BCUT2D eigenvalue weighted by Crippen LogP contribution is 2.28. The topological polar surface area (TPSA) is 29.1 Å². The summed E-state index contributed by atoms with van der Waals surface area (Å²) in [5, 5.41) is 5.14. The number of aryl methyl sites for hydroxylation is 2. The van der Waals surface area contributed by atoms with Gasteiger partial charge in [-0.2, -0.15) is 0 Å². The van der Waals surface area contributed by atoms with Crippen LogP contribution in [0.15, 0.2) is 64.9 Å². The number of benzene rings is 2. The summed E-state index contributed by atoms with van der Waals surface area (Å²) < 4.78 is 0. The van der Waals surface area contributed by atoms with Crippen molar-refractivity contribution < 1.29 is 4.79 Å². The van der Waals surface area contributed by atoms with Crippen molar-refractivity contribution in [1.82, 2.24) is 5.32 Å². The lowest BCUT2D eigenvalue weighted by atomic mass is 10.1. The number of thiophene rings is 1. The third-order valence-corrected chi connectivity index (χ3v) is 6.20. The maximum absolute atomic E-state index is 12.7. The van der Waals surface area contributed by atoms with Crippen LogP contribution in [0, 0.1) is 13.8 Å². The number of carbonyl (C=O) groups is 1. The number of thioether (sulfide) groups is 1. The molecule has 0 fully saturated rings. The zero-order valence-corrected chi connectivity index (χ0v) is 16.0. The molecule has 0 saturated carbocycles. The summed E-state index contributed by atoms with van der Waals surface area (Å²) in [4.78, 5) is 15.0. The molecule has 4 heteroatoms. The summed E-state index contributed by atoms with van der Waals surface area (Å²) in [6.45, 7) is 4.71. The minimum absolute atomic E-state index is 0.0192. The van der Waals surface area contributed by atoms with E-state index >= 15 is 0 Å². The normalized spacial score (nSPS) is 10.6. The molecule has 1 N–H and O–H groups in total. The molecule has 1 aromatic heterocycles. The fourth-order valence-corrected chi connectivity index (χ4v) is 4.46. The maximum Gasteiger partial charge on any atom is 0.252 e. The van der Waals surface area contributed by atoms with E-state index < -0.39 is 0 Å². The van der Waals surface area contributed by atoms with Crippen LogP contribution in [0.4, 0.5) is 0 Å². The number of nitrogens with one attached hydrogen (secondary N) is 1. The number of carbonyl (C=O) groups excluding carboxylic acids is 1. The highest BCUT2D eigenvalue weighted by molar-refractivity contribution is 7.98. The highest BCUT2D eigenvalue weighted by atomic mass is 32.2. The van der Waals surface area contributed by atoms with E-state index in [1.165, 1.54) is 16.0 Å². The average molecular weight is 368 g/mol.